The molecule has 2 N–H and O–H groups in total. The largest absolute Gasteiger partial charge is 0.497 e. The Bertz CT molecular complexity index is 1060. The van der Waals surface area contributed by atoms with E-state index >= 15 is 0 Å². The smallest absolute Gasteiger partial charge is 0.416 e. The Morgan fingerprint density at radius 3 is 2.39 bits per heavy atom. The molecule has 0 saturated heterocycles. The van der Waals surface area contributed by atoms with Crippen molar-refractivity contribution in [2.75, 3.05) is 19.5 Å². The van der Waals surface area contributed by atoms with Crippen molar-refractivity contribution in [1.29, 1.82) is 0 Å². The van der Waals surface area contributed by atoms with Gasteiger partial charge in [-0.05, 0) is 42.0 Å². The lowest BCUT2D eigenvalue weighted by Crippen LogP contribution is -2.14. The fraction of sp³-hybridized carbons (Fsp3) is 0.217. The molecular formula is C23H21ClF3NO3. The Hall–Kier alpha value is -2.90. The number of alkyl halides is 3. The monoisotopic (exact) mass is 451 g/mol. The van der Waals surface area contributed by atoms with E-state index in [0.717, 1.165) is 11.6 Å². The molecule has 0 spiro atoms. The molecule has 0 saturated carbocycles. The van der Waals surface area contributed by atoms with E-state index in [1.54, 1.807) is 31.4 Å². The van der Waals surface area contributed by atoms with E-state index < -0.39 is 17.8 Å². The molecule has 1 atom stereocenters. The number of aliphatic hydroxyl groups excluding tert-OH is 1. The van der Waals surface area contributed by atoms with Crippen molar-refractivity contribution in [2.24, 2.45) is 0 Å². The predicted molar refractivity (Wildman–Crippen MR) is 114 cm³/mol. The van der Waals surface area contributed by atoms with Gasteiger partial charge in [-0.15, -0.1) is 0 Å². The van der Waals surface area contributed by atoms with E-state index in [-0.39, 0.29) is 11.1 Å². The highest BCUT2D eigenvalue weighted by Gasteiger charge is 2.35. The number of ether oxygens (including phenoxy) is 2. The van der Waals surface area contributed by atoms with Gasteiger partial charge in [0.25, 0.3) is 0 Å². The first-order valence-corrected chi connectivity index (χ1v) is 9.70. The average molecular weight is 452 g/mol. The topological polar surface area (TPSA) is 50.7 Å². The number of halogens is 4. The molecule has 0 aromatic heterocycles. The minimum absolute atomic E-state index is 0.233. The molecule has 0 aliphatic heterocycles. The highest BCUT2D eigenvalue weighted by atomic mass is 35.5. The van der Waals surface area contributed by atoms with Crippen molar-refractivity contribution in [1.82, 2.24) is 0 Å². The number of anilines is 1. The number of nitrogens with one attached hydrogen (secondary N) is 1. The molecule has 1 unspecified atom stereocenters. The van der Waals surface area contributed by atoms with Crippen LogP contribution in [0.2, 0.25) is 5.02 Å². The molecule has 0 aliphatic rings. The number of hydrogen-bond donors (Lipinski definition) is 2. The zero-order chi connectivity index (χ0) is 22.6. The summed E-state index contributed by atoms with van der Waals surface area (Å²) in [7, 11) is 3.08. The Morgan fingerprint density at radius 1 is 0.968 bits per heavy atom. The minimum Gasteiger partial charge on any atom is -0.497 e. The molecule has 3 rings (SSSR count). The van der Waals surface area contributed by atoms with Gasteiger partial charge in [0.15, 0.2) is 0 Å². The van der Waals surface area contributed by atoms with E-state index in [1.807, 2.05) is 6.07 Å². The van der Waals surface area contributed by atoms with Crippen molar-refractivity contribution in [3.8, 4) is 11.5 Å². The Balaban J connectivity index is 1.94. The molecule has 3 aromatic rings. The summed E-state index contributed by atoms with van der Waals surface area (Å²) in [4.78, 5) is 0. The van der Waals surface area contributed by atoms with Gasteiger partial charge < -0.3 is 19.9 Å². The second kappa shape index (κ2) is 9.49. The molecule has 164 valence electrons. The fourth-order valence-corrected chi connectivity index (χ4v) is 3.45. The maximum atomic E-state index is 13.4. The zero-order valence-electron chi connectivity index (χ0n) is 16.8. The first-order chi connectivity index (χ1) is 14.7. The third-order valence-corrected chi connectivity index (χ3v) is 5.07. The number of hydrogen-bond acceptors (Lipinski definition) is 4. The van der Waals surface area contributed by atoms with Crippen LogP contribution in [0.25, 0.3) is 0 Å². The first-order valence-electron chi connectivity index (χ1n) is 9.33. The maximum Gasteiger partial charge on any atom is 0.416 e. The van der Waals surface area contributed by atoms with Crippen molar-refractivity contribution in [3.05, 3.63) is 87.9 Å². The molecule has 0 amide bonds. The summed E-state index contributed by atoms with van der Waals surface area (Å²) in [5, 5.41) is 14.3. The van der Waals surface area contributed by atoms with Crippen molar-refractivity contribution < 1.29 is 27.8 Å². The van der Waals surface area contributed by atoms with Crippen LogP contribution in [-0.2, 0) is 12.7 Å². The molecular weight excluding hydrogens is 431 g/mol. The lowest BCUT2D eigenvalue weighted by molar-refractivity contribution is -0.139. The zero-order valence-corrected chi connectivity index (χ0v) is 17.6. The van der Waals surface area contributed by atoms with Gasteiger partial charge in [0, 0.05) is 34.4 Å². The van der Waals surface area contributed by atoms with Crippen molar-refractivity contribution >= 4 is 17.3 Å². The molecule has 0 heterocycles. The molecule has 4 nitrogen and oxygen atoms in total. The second-order valence-corrected chi connectivity index (χ2v) is 7.19. The highest BCUT2D eigenvalue weighted by Crippen LogP contribution is 2.39. The summed E-state index contributed by atoms with van der Waals surface area (Å²) < 4.78 is 50.9. The average Bonchev–Trinajstić information content (AvgIpc) is 2.77. The number of methoxy groups -OCH3 is 2. The minimum atomic E-state index is -4.60. The second-order valence-electron chi connectivity index (χ2n) is 6.75. The lowest BCUT2D eigenvalue weighted by atomic mass is 9.95. The van der Waals surface area contributed by atoms with E-state index in [9.17, 15) is 18.3 Å². The van der Waals surface area contributed by atoms with Crippen LogP contribution in [0.1, 0.15) is 28.4 Å². The van der Waals surface area contributed by atoms with Gasteiger partial charge in [0.05, 0.1) is 19.8 Å². The Kier molecular flexibility index (Phi) is 6.97. The van der Waals surface area contributed by atoms with E-state index in [0.29, 0.717) is 28.8 Å². The van der Waals surface area contributed by atoms with Gasteiger partial charge >= 0.3 is 6.18 Å². The van der Waals surface area contributed by atoms with Crippen LogP contribution in [0.5, 0.6) is 11.5 Å². The molecule has 8 heteroatoms. The quantitative estimate of drug-likeness (QED) is 0.458. The van der Waals surface area contributed by atoms with Crippen molar-refractivity contribution in [2.45, 2.75) is 18.8 Å². The van der Waals surface area contributed by atoms with Crippen LogP contribution in [-0.4, -0.2) is 19.3 Å². The summed E-state index contributed by atoms with van der Waals surface area (Å²) in [6.45, 7) is 0.301. The van der Waals surface area contributed by atoms with Crippen LogP contribution in [0.15, 0.2) is 60.7 Å². The van der Waals surface area contributed by atoms with Crippen LogP contribution < -0.4 is 14.8 Å². The number of rotatable bonds is 7. The Morgan fingerprint density at radius 2 is 1.71 bits per heavy atom. The normalized spacial score (nSPS) is 12.4. The van der Waals surface area contributed by atoms with Crippen LogP contribution in [0.3, 0.4) is 0 Å². The van der Waals surface area contributed by atoms with Crippen molar-refractivity contribution in [3.63, 3.8) is 0 Å². The summed E-state index contributed by atoms with van der Waals surface area (Å²) in [6.07, 6.45) is -6.13. The van der Waals surface area contributed by atoms with E-state index in [2.05, 4.69) is 5.32 Å². The summed E-state index contributed by atoms with van der Waals surface area (Å²) in [5.74, 6) is 1.22. The van der Waals surface area contributed by atoms with Gasteiger partial charge in [-0.1, -0.05) is 29.8 Å². The molecule has 0 aliphatic carbocycles. The predicted octanol–water partition coefficient (Wildman–Crippen LogP) is 6.07. The molecule has 0 bridgehead atoms. The van der Waals surface area contributed by atoms with Gasteiger partial charge in [0.1, 0.15) is 17.6 Å². The summed E-state index contributed by atoms with van der Waals surface area (Å²) in [5.41, 5.74) is 0.338. The first kappa shape index (κ1) is 22.8. The summed E-state index contributed by atoms with van der Waals surface area (Å²) in [6, 6.07) is 14.9. The van der Waals surface area contributed by atoms with Gasteiger partial charge in [-0.3, -0.25) is 0 Å². The molecule has 0 fully saturated rings. The third-order valence-electron chi connectivity index (χ3n) is 4.83. The number of aliphatic hydroxyl groups is 1. The number of benzene rings is 3. The van der Waals surface area contributed by atoms with Gasteiger partial charge in [-0.2, -0.15) is 13.2 Å². The maximum absolute atomic E-state index is 13.4. The van der Waals surface area contributed by atoms with Gasteiger partial charge in [0.2, 0.25) is 0 Å². The van der Waals surface area contributed by atoms with Gasteiger partial charge in [-0.25, -0.2) is 0 Å². The molecule has 0 radical (unpaired) electrons. The molecule has 31 heavy (non-hydrogen) atoms. The summed E-state index contributed by atoms with van der Waals surface area (Å²) >= 11 is 6.08. The Labute approximate surface area is 183 Å². The lowest BCUT2D eigenvalue weighted by Gasteiger charge is -2.21. The van der Waals surface area contributed by atoms with Crippen LogP contribution in [0, 0.1) is 0 Å². The third kappa shape index (κ3) is 5.24. The highest BCUT2D eigenvalue weighted by molar-refractivity contribution is 6.30. The van der Waals surface area contributed by atoms with E-state index in [1.165, 1.54) is 31.4 Å². The van der Waals surface area contributed by atoms with E-state index in [4.69, 9.17) is 21.1 Å². The standard InChI is InChI=1S/C23H21ClF3NO3/c1-30-16-9-7-14(21(12-16)31-2)13-28-20-10-8-15(24)11-18(20)22(29)17-5-3-4-6-19(17)23(25,26)27/h3-12,22,28-29H,13H2,1-2H3. The SMILES string of the molecule is COc1ccc(CNc2ccc(Cl)cc2C(O)c2ccccc2C(F)(F)F)c(OC)c1. The van der Waals surface area contributed by atoms with Crippen LogP contribution in [0.4, 0.5) is 18.9 Å². The molecule has 3 aromatic carbocycles. The van der Waals surface area contributed by atoms with Crippen LogP contribution >= 0.6 is 11.6 Å². The fourth-order valence-electron chi connectivity index (χ4n) is 3.27.